The Labute approximate surface area is 95.1 Å². The van der Waals surface area contributed by atoms with Gasteiger partial charge in [-0.1, -0.05) is 13.8 Å². The van der Waals surface area contributed by atoms with Crippen LogP contribution in [0.4, 0.5) is 0 Å². The molecule has 0 fully saturated rings. The van der Waals surface area contributed by atoms with E-state index < -0.39 is 0 Å². The van der Waals surface area contributed by atoms with Gasteiger partial charge in [-0.15, -0.1) is 0 Å². The van der Waals surface area contributed by atoms with Crippen LogP contribution in [-0.2, 0) is 18.8 Å². The van der Waals surface area contributed by atoms with Gasteiger partial charge in [0.2, 0.25) is 0 Å². The average Bonchev–Trinajstić information content (AvgIpc) is 2.72. The molecule has 0 amide bonds. The normalized spacial score (nSPS) is 16.4. The highest BCUT2D eigenvalue weighted by molar-refractivity contribution is 7.99. The molecule has 2 rings (SSSR count). The van der Waals surface area contributed by atoms with Gasteiger partial charge < -0.3 is 5.32 Å². The van der Waals surface area contributed by atoms with Gasteiger partial charge in [0.05, 0.1) is 11.4 Å². The maximum atomic E-state index is 4.57. The fourth-order valence-corrected chi connectivity index (χ4v) is 2.31. The summed E-state index contributed by atoms with van der Waals surface area (Å²) in [6.45, 7) is 6.29. The van der Waals surface area contributed by atoms with E-state index in [2.05, 4.69) is 29.1 Å². The van der Waals surface area contributed by atoms with Gasteiger partial charge in [0.1, 0.15) is 5.82 Å². The third-order valence-corrected chi connectivity index (χ3v) is 4.01. The summed E-state index contributed by atoms with van der Waals surface area (Å²) in [5.74, 6) is 1.91. The number of aromatic nitrogens is 2. The predicted octanol–water partition coefficient (Wildman–Crippen LogP) is 2.11. The Bertz CT molecular complexity index is 341. The van der Waals surface area contributed by atoms with E-state index in [9.17, 15) is 0 Å². The zero-order valence-corrected chi connectivity index (χ0v) is 10.1. The zero-order valence-electron chi connectivity index (χ0n) is 9.29. The number of nitrogens with zero attached hydrogens (tertiary/aromatic N) is 2. The molecule has 3 nitrogen and oxygen atoms in total. The van der Waals surface area contributed by atoms with Crippen LogP contribution >= 0.6 is 11.8 Å². The van der Waals surface area contributed by atoms with Crippen molar-refractivity contribution in [1.82, 2.24) is 15.3 Å². The molecule has 0 saturated carbocycles. The van der Waals surface area contributed by atoms with Crippen LogP contribution in [-0.4, -0.2) is 15.2 Å². The van der Waals surface area contributed by atoms with Crippen LogP contribution in [0, 0.1) is 0 Å². The van der Waals surface area contributed by atoms with Crippen molar-refractivity contribution in [2.45, 2.75) is 44.4 Å². The molecule has 1 aliphatic heterocycles. The minimum absolute atomic E-state index is 0.694. The van der Waals surface area contributed by atoms with Crippen LogP contribution in [0.5, 0.6) is 0 Å². The molecule has 1 N–H and O–H groups in total. The highest BCUT2D eigenvalue weighted by Gasteiger charge is 2.12. The molecule has 4 heteroatoms. The number of rotatable bonds is 4. The minimum Gasteiger partial charge on any atom is -0.307 e. The second-order valence-electron chi connectivity index (χ2n) is 3.89. The molecule has 1 unspecified atom stereocenters. The Morgan fingerprint density at radius 1 is 1.53 bits per heavy atom. The van der Waals surface area contributed by atoms with E-state index in [4.69, 9.17) is 0 Å². The van der Waals surface area contributed by atoms with Gasteiger partial charge in [0, 0.05) is 30.1 Å². The molecule has 0 bridgehead atoms. The van der Waals surface area contributed by atoms with E-state index in [0.29, 0.717) is 5.25 Å². The highest BCUT2D eigenvalue weighted by atomic mass is 32.2. The minimum atomic E-state index is 0.694. The number of hydrogen-bond acceptors (Lipinski definition) is 4. The van der Waals surface area contributed by atoms with Crippen molar-refractivity contribution in [2.24, 2.45) is 0 Å². The van der Waals surface area contributed by atoms with Gasteiger partial charge in [0.25, 0.3) is 0 Å². The third-order valence-electron chi connectivity index (χ3n) is 2.68. The van der Waals surface area contributed by atoms with E-state index in [0.717, 1.165) is 24.7 Å². The van der Waals surface area contributed by atoms with Crippen molar-refractivity contribution in [1.29, 1.82) is 0 Å². The summed E-state index contributed by atoms with van der Waals surface area (Å²) < 4.78 is 0. The van der Waals surface area contributed by atoms with Gasteiger partial charge in [-0.3, -0.25) is 0 Å². The Kier molecular flexibility index (Phi) is 3.59. The summed E-state index contributed by atoms with van der Waals surface area (Å²) >= 11 is 1.93. The van der Waals surface area contributed by atoms with Crippen LogP contribution in [0.1, 0.15) is 37.4 Å². The first-order valence-corrected chi connectivity index (χ1v) is 6.50. The van der Waals surface area contributed by atoms with Gasteiger partial charge in [-0.2, -0.15) is 11.8 Å². The molecular formula is C11H17N3S. The zero-order chi connectivity index (χ0) is 10.7. The first-order chi connectivity index (χ1) is 7.29. The lowest BCUT2D eigenvalue weighted by molar-refractivity contribution is 0.756. The van der Waals surface area contributed by atoms with Crippen molar-refractivity contribution in [2.75, 3.05) is 0 Å². The predicted molar refractivity (Wildman–Crippen MR) is 63.6 cm³/mol. The van der Waals surface area contributed by atoms with Crippen LogP contribution in [0.3, 0.4) is 0 Å². The molecule has 2 heterocycles. The van der Waals surface area contributed by atoms with Gasteiger partial charge >= 0.3 is 0 Å². The largest absolute Gasteiger partial charge is 0.307 e. The second-order valence-corrected chi connectivity index (χ2v) is 5.32. The number of nitrogens with one attached hydrogen (secondary N) is 1. The van der Waals surface area contributed by atoms with Crippen LogP contribution < -0.4 is 5.32 Å². The van der Waals surface area contributed by atoms with E-state index in [1.54, 1.807) is 0 Å². The molecular weight excluding hydrogens is 206 g/mol. The molecule has 82 valence electrons. The van der Waals surface area contributed by atoms with Crippen molar-refractivity contribution < 1.29 is 0 Å². The quantitative estimate of drug-likeness (QED) is 0.848. The molecule has 1 atom stereocenters. The first kappa shape index (κ1) is 10.9. The highest BCUT2D eigenvalue weighted by Crippen LogP contribution is 2.19. The van der Waals surface area contributed by atoms with Crippen molar-refractivity contribution in [3.05, 3.63) is 23.3 Å². The maximum Gasteiger partial charge on any atom is 0.138 e. The Balaban J connectivity index is 1.98. The first-order valence-electron chi connectivity index (χ1n) is 5.45. The molecule has 1 aliphatic rings. The molecule has 1 aromatic heterocycles. The number of fused-ring (bicyclic) bond motifs is 1. The van der Waals surface area contributed by atoms with E-state index in [-0.39, 0.29) is 0 Å². The van der Waals surface area contributed by atoms with Crippen LogP contribution in [0.15, 0.2) is 6.20 Å². The SMILES string of the molecule is CCC(C)SCc1ncc2c(n1)CNC2. The van der Waals surface area contributed by atoms with Crippen molar-refractivity contribution in [3.63, 3.8) is 0 Å². The number of thioether (sulfide) groups is 1. The lowest BCUT2D eigenvalue weighted by atomic mass is 10.3. The van der Waals surface area contributed by atoms with Crippen molar-refractivity contribution in [3.8, 4) is 0 Å². The fraction of sp³-hybridized carbons (Fsp3) is 0.636. The Morgan fingerprint density at radius 2 is 2.40 bits per heavy atom. The molecule has 0 spiro atoms. The monoisotopic (exact) mass is 223 g/mol. The van der Waals surface area contributed by atoms with Crippen LogP contribution in [0.2, 0.25) is 0 Å². The summed E-state index contributed by atoms with van der Waals surface area (Å²) in [6, 6.07) is 0. The summed E-state index contributed by atoms with van der Waals surface area (Å²) in [4.78, 5) is 8.95. The lowest BCUT2D eigenvalue weighted by Gasteiger charge is -2.07. The van der Waals surface area contributed by atoms with Gasteiger partial charge in [0.15, 0.2) is 0 Å². The summed E-state index contributed by atoms with van der Waals surface area (Å²) in [5.41, 5.74) is 2.44. The van der Waals surface area contributed by atoms with E-state index in [1.807, 2.05) is 18.0 Å². The summed E-state index contributed by atoms with van der Waals surface area (Å²) in [5, 5.41) is 3.98. The standard InChI is InChI=1S/C11H17N3S/c1-3-8(2)15-7-11-13-5-9-4-12-6-10(9)14-11/h5,8,12H,3-4,6-7H2,1-2H3. The molecule has 0 aliphatic carbocycles. The molecule has 0 aromatic carbocycles. The van der Waals surface area contributed by atoms with Crippen molar-refractivity contribution >= 4 is 11.8 Å². The Morgan fingerprint density at radius 3 is 3.20 bits per heavy atom. The molecule has 0 saturated heterocycles. The summed E-state index contributed by atoms with van der Waals surface area (Å²) in [6.07, 6.45) is 3.17. The smallest absolute Gasteiger partial charge is 0.138 e. The lowest BCUT2D eigenvalue weighted by Crippen LogP contribution is -2.02. The summed E-state index contributed by atoms with van der Waals surface area (Å²) in [7, 11) is 0. The van der Waals surface area contributed by atoms with Gasteiger partial charge in [-0.25, -0.2) is 9.97 Å². The Hall–Kier alpha value is -0.610. The molecule has 0 radical (unpaired) electrons. The maximum absolute atomic E-state index is 4.57. The number of hydrogen-bond donors (Lipinski definition) is 1. The third kappa shape index (κ3) is 2.69. The second kappa shape index (κ2) is 4.94. The van der Waals surface area contributed by atoms with E-state index in [1.165, 1.54) is 17.7 Å². The fourth-order valence-electron chi connectivity index (χ4n) is 1.50. The molecule has 1 aromatic rings. The average molecular weight is 223 g/mol. The van der Waals surface area contributed by atoms with E-state index >= 15 is 0 Å². The topological polar surface area (TPSA) is 37.8 Å². The molecule has 15 heavy (non-hydrogen) atoms. The van der Waals surface area contributed by atoms with Gasteiger partial charge in [-0.05, 0) is 6.42 Å². The van der Waals surface area contributed by atoms with Crippen LogP contribution in [0.25, 0.3) is 0 Å².